The highest BCUT2D eigenvalue weighted by Gasteiger charge is 2.18. The Bertz CT molecular complexity index is 672. The molecule has 0 saturated heterocycles. The molecule has 0 radical (unpaired) electrons. The fourth-order valence-corrected chi connectivity index (χ4v) is 3.48. The molecule has 1 aliphatic rings. The van der Waals surface area contributed by atoms with E-state index >= 15 is 0 Å². The summed E-state index contributed by atoms with van der Waals surface area (Å²) in [6, 6.07) is 10.6. The highest BCUT2D eigenvalue weighted by molar-refractivity contribution is 5.90. The van der Waals surface area contributed by atoms with Gasteiger partial charge in [0.15, 0.2) is 0 Å². The zero-order valence-electron chi connectivity index (χ0n) is 13.2. The number of hydrogen-bond acceptors (Lipinski definition) is 2. The molecular formula is C19H24N2. The predicted molar refractivity (Wildman–Crippen MR) is 90.6 cm³/mol. The number of fused-ring (bicyclic) bond motifs is 1. The molecule has 2 atom stereocenters. The van der Waals surface area contributed by atoms with Gasteiger partial charge in [0.2, 0.25) is 0 Å². The van der Waals surface area contributed by atoms with Crippen molar-refractivity contribution in [2.75, 3.05) is 11.9 Å². The fraction of sp³-hybridized carbons (Fsp3) is 0.421. The SMILES string of the molecule is CC1=CC(C)CC(CNc2cccc3ccc(C)nc23)C1. The number of benzene rings is 1. The van der Waals surface area contributed by atoms with Gasteiger partial charge in [-0.25, -0.2) is 0 Å². The van der Waals surface area contributed by atoms with Gasteiger partial charge in [0.1, 0.15) is 0 Å². The van der Waals surface area contributed by atoms with Crippen molar-refractivity contribution < 1.29 is 0 Å². The molecule has 0 fully saturated rings. The number of aromatic nitrogens is 1. The van der Waals surface area contributed by atoms with Crippen molar-refractivity contribution in [3.8, 4) is 0 Å². The van der Waals surface area contributed by atoms with Crippen LogP contribution in [-0.2, 0) is 0 Å². The summed E-state index contributed by atoms with van der Waals surface area (Å²) in [6.07, 6.45) is 4.91. The van der Waals surface area contributed by atoms with Crippen LogP contribution in [0, 0.1) is 18.8 Å². The van der Waals surface area contributed by atoms with Crippen LogP contribution in [0.2, 0.25) is 0 Å². The molecule has 1 heterocycles. The molecule has 1 aliphatic carbocycles. The lowest BCUT2D eigenvalue weighted by atomic mass is 9.83. The minimum absolute atomic E-state index is 0.707. The number of hydrogen-bond donors (Lipinski definition) is 1. The second kappa shape index (κ2) is 5.88. The van der Waals surface area contributed by atoms with Crippen molar-refractivity contribution in [3.63, 3.8) is 0 Å². The first-order valence-electron chi connectivity index (χ1n) is 7.89. The van der Waals surface area contributed by atoms with Gasteiger partial charge in [-0.05, 0) is 50.7 Å². The van der Waals surface area contributed by atoms with E-state index in [1.54, 1.807) is 0 Å². The monoisotopic (exact) mass is 280 g/mol. The second-order valence-electron chi connectivity index (χ2n) is 6.51. The zero-order valence-corrected chi connectivity index (χ0v) is 13.2. The summed E-state index contributed by atoms with van der Waals surface area (Å²) in [4.78, 5) is 4.70. The molecule has 3 rings (SSSR count). The summed E-state index contributed by atoms with van der Waals surface area (Å²) < 4.78 is 0. The van der Waals surface area contributed by atoms with Crippen molar-refractivity contribution in [3.05, 3.63) is 47.7 Å². The van der Waals surface area contributed by atoms with Gasteiger partial charge in [-0.2, -0.15) is 0 Å². The lowest BCUT2D eigenvalue weighted by molar-refractivity contribution is 0.421. The Kier molecular flexibility index (Phi) is 3.96. The molecule has 110 valence electrons. The van der Waals surface area contributed by atoms with Crippen LogP contribution >= 0.6 is 0 Å². The van der Waals surface area contributed by atoms with Gasteiger partial charge in [0.25, 0.3) is 0 Å². The average Bonchev–Trinajstić information content (AvgIpc) is 2.44. The summed E-state index contributed by atoms with van der Waals surface area (Å²) >= 11 is 0. The van der Waals surface area contributed by atoms with Gasteiger partial charge in [0.05, 0.1) is 11.2 Å². The molecule has 2 aromatic rings. The van der Waals surface area contributed by atoms with E-state index in [2.05, 4.69) is 55.6 Å². The van der Waals surface area contributed by atoms with Gasteiger partial charge in [-0.15, -0.1) is 0 Å². The molecule has 0 aliphatic heterocycles. The largest absolute Gasteiger partial charge is 0.383 e. The van der Waals surface area contributed by atoms with Crippen LogP contribution in [0.4, 0.5) is 5.69 Å². The Morgan fingerprint density at radius 2 is 2.05 bits per heavy atom. The van der Waals surface area contributed by atoms with Crippen molar-refractivity contribution in [1.29, 1.82) is 0 Å². The number of aryl methyl sites for hydroxylation is 1. The normalized spacial score (nSPS) is 22.1. The van der Waals surface area contributed by atoms with E-state index in [9.17, 15) is 0 Å². The van der Waals surface area contributed by atoms with Crippen LogP contribution in [-0.4, -0.2) is 11.5 Å². The van der Waals surface area contributed by atoms with Crippen LogP contribution in [0.1, 0.15) is 32.4 Å². The minimum atomic E-state index is 0.707. The second-order valence-corrected chi connectivity index (χ2v) is 6.51. The van der Waals surface area contributed by atoms with Crippen LogP contribution in [0.25, 0.3) is 10.9 Å². The van der Waals surface area contributed by atoms with E-state index in [4.69, 9.17) is 4.98 Å². The maximum atomic E-state index is 4.70. The molecular weight excluding hydrogens is 256 g/mol. The van der Waals surface area contributed by atoms with Gasteiger partial charge >= 0.3 is 0 Å². The first kappa shape index (κ1) is 14.1. The maximum Gasteiger partial charge on any atom is 0.0936 e. The van der Waals surface area contributed by atoms with Gasteiger partial charge in [-0.3, -0.25) is 4.98 Å². The van der Waals surface area contributed by atoms with Crippen LogP contribution in [0.3, 0.4) is 0 Å². The number of pyridine rings is 1. The number of allylic oxidation sites excluding steroid dienone is 2. The van der Waals surface area contributed by atoms with E-state index < -0.39 is 0 Å². The number of para-hydroxylation sites is 1. The summed E-state index contributed by atoms with van der Waals surface area (Å²) in [7, 11) is 0. The Hall–Kier alpha value is -1.83. The van der Waals surface area contributed by atoms with Crippen molar-refractivity contribution in [2.24, 2.45) is 11.8 Å². The summed E-state index contributed by atoms with van der Waals surface area (Å²) in [5.74, 6) is 1.43. The third-order valence-electron chi connectivity index (χ3n) is 4.33. The van der Waals surface area contributed by atoms with E-state index in [1.807, 2.05) is 6.92 Å². The average molecular weight is 280 g/mol. The van der Waals surface area contributed by atoms with Crippen LogP contribution in [0.5, 0.6) is 0 Å². The standard InChI is InChI=1S/C19H24N2/c1-13-9-14(2)11-16(10-13)12-20-18-6-4-5-17-8-7-15(3)21-19(17)18/h4-9,13,16,20H,10-12H2,1-3H3. The van der Waals surface area contributed by atoms with Crippen LogP contribution in [0.15, 0.2) is 42.0 Å². The first-order valence-corrected chi connectivity index (χ1v) is 7.89. The maximum absolute atomic E-state index is 4.70. The first-order chi connectivity index (χ1) is 10.1. The van der Waals surface area contributed by atoms with E-state index in [1.165, 1.54) is 23.8 Å². The zero-order chi connectivity index (χ0) is 14.8. The van der Waals surface area contributed by atoms with E-state index in [0.717, 1.165) is 29.4 Å². The van der Waals surface area contributed by atoms with E-state index in [-0.39, 0.29) is 0 Å². The van der Waals surface area contributed by atoms with Crippen molar-refractivity contribution >= 4 is 16.6 Å². The summed E-state index contributed by atoms with van der Waals surface area (Å²) in [6.45, 7) is 7.65. The number of nitrogens with zero attached hydrogens (tertiary/aromatic N) is 1. The molecule has 1 aromatic carbocycles. The fourth-order valence-electron chi connectivity index (χ4n) is 3.48. The van der Waals surface area contributed by atoms with Gasteiger partial charge in [0, 0.05) is 17.6 Å². The molecule has 0 bridgehead atoms. The number of rotatable bonds is 3. The minimum Gasteiger partial charge on any atom is -0.383 e. The molecule has 0 saturated carbocycles. The molecule has 0 amide bonds. The molecule has 2 heteroatoms. The Balaban J connectivity index is 1.76. The summed E-state index contributed by atoms with van der Waals surface area (Å²) in [5.41, 5.74) is 4.86. The molecule has 2 unspecified atom stereocenters. The van der Waals surface area contributed by atoms with Gasteiger partial charge in [-0.1, -0.05) is 36.8 Å². The molecule has 21 heavy (non-hydrogen) atoms. The Labute approximate surface area is 127 Å². The number of anilines is 1. The summed E-state index contributed by atoms with van der Waals surface area (Å²) in [5, 5.41) is 4.84. The topological polar surface area (TPSA) is 24.9 Å². The molecule has 2 nitrogen and oxygen atoms in total. The predicted octanol–water partition coefficient (Wildman–Crippen LogP) is 4.95. The quantitative estimate of drug-likeness (QED) is 0.805. The highest BCUT2D eigenvalue weighted by Crippen LogP contribution is 2.29. The van der Waals surface area contributed by atoms with Crippen molar-refractivity contribution in [2.45, 2.75) is 33.6 Å². The molecule has 1 N–H and O–H groups in total. The smallest absolute Gasteiger partial charge is 0.0936 e. The number of nitrogens with one attached hydrogen (secondary N) is 1. The Morgan fingerprint density at radius 1 is 1.19 bits per heavy atom. The molecule has 0 spiro atoms. The van der Waals surface area contributed by atoms with Gasteiger partial charge < -0.3 is 5.32 Å². The van der Waals surface area contributed by atoms with E-state index in [0.29, 0.717) is 5.92 Å². The lowest BCUT2D eigenvalue weighted by Crippen LogP contribution is -2.20. The Morgan fingerprint density at radius 3 is 2.86 bits per heavy atom. The molecule has 1 aromatic heterocycles. The third-order valence-corrected chi connectivity index (χ3v) is 4.33. The van der Waals surface area contributed by atoms with Crippen molar-refractivity contribution in [1.82, 2.24) is 4.98 Å². The highest BCUT2D eigenvalue weighted by atomic mass is 14.9. The van der Waals surface area contributed by atoms with Crippen LogP contribution < -0.4 is 5.32 Å². The third kappa shape index (κ3) is 3.26. The lowest BCUT2D eigenvalue weighted by Gasteiger charge is -2.26.